The van der Waals surface area contributed by atoms with Crippen molar-refractivity contribution in [2.24, 2.45) is 5.92 Å². The summed E-state index contributed by atoms with van der Waals surface area (Å²) in [6.07, 6.45) is 0.341. The molecular formula is C11H19Cl4O4. The first-order chi connectivity index (χ1) is 8.92. The van der Waals surface area contributed by atoms with Crippen LogP contribution in [-0.2, 0) is 18.9 Å². The van der Waals surface area contributed by atoms with Crippen LogP contribution in [0.25, 0.3) is 0 Å². The molecule has 4 nitrogen and oxygen atoms in total. The van der Waals surface area contributed by atoms with Gasteiger partial charge in [-0.1, -0.05) is 46.4 Å². The van der Waals surface area contributed by atoms with Crippen LogP contribution >= 0.6 is 46.4 Å². The minimum Gasteiger partial charge on any atom is -0.365 e. The molecule has 0 aromatic carbocycles. The molecule has 1 radical (unpaired) electrons. The predicted molar refractivity (Wildman–Crippen MR) is 78.0 cm³/mol. The number of ether oxygens (including phenoxy) is 4. The Morgan fingerprint density at radius 1 is 0.737 bits per heavy atom. The lowest BCUT2D eigenvalue weighted by atomic mass is 9.95. The van der Waals surface area contributed by atoms with Gasteiger partial charge >= 0.3 is 0 Å². The highest BCUT2D eigenvalue weighted by Gasteiger charge is 2.36. The van der Waals surface area contributed by atoms with Crippen LogP contribution in [0.4, 0.5) is 0 Å². The number of hydrogen-bond donors (Lipinski definition) is 0. The van der Waals surface area contributed by atoms with E-state index in [0.717, 1.165) is 0 Å². The molecular weight excluding hydrogens is 338 g/mol. The van der Waals surface area contributed by atoms with E-state index in [1.165, 1.54) is 28.4 Å². The third kappa shape index (κ3) is 6.53. The van der Waals surface area contributed by atoms with Crippen LogP contribution in [0, 0.1) is 11.8 Å². The molecule has 0 bridgehead atoms. The zero-order chi connectivity index (χ0) is 15.0. The molecule has 0 fully saturated rings. The van der Waals surface area contributed by atoms with Crippen LogP contribution in [0.5, 0.6) is 0 Å². The van der Waals surface area contributed by atoms with Crippen molar-refractivity contribution >= 4 is 46.4 Å². The lowest BCUT2D eigenvalue weighted by molar-refractivity contribution is 0.0270. The van der Waals surface area contributed by atoms with Crippen molar-refractivity contribution in [3.8, 4) is 0 Å². The van der Waals surface area contributed by atoms with Gasteiger partial charge in [-0.2, -0.15) is 0 Å². The van der Waals surface area contributed by atoms with Gasteiger partial charge in [-0.3, -0.25) is 0 Å². The number of rotatable bonds is 10. The number of halogens is 4. The Morgan fingerprint density at radius 3 is 1.37 bits per heavy atom. The Morgan fingerprint density at radius 2 is 1.11 bits per heavy atom. The molecule has 0 aliphatic heterocycles. The Labute approximate surface area is 134 Å². The maximum absolute atomic E-state index is 6.08. The first-order valence-corrected chi connectivity index (χ1v) is 7.20. The first kappa shape index (κ1) is 20.0. The molecule has 0 saturated carbocycles. The van der Waals surface area contributed by atoms with E-state index in [0.29, 0.717) is 12.3 Å². The second kappa shape index (κ2) is 10.7. The topological polar surface area (TPSA) is 36.9 Å². The average molecular weight is 357 g/mol. The van der Waals surface area contributed by atoms with E-state index in [-0.39, 0.29) is 5.92 Å². The third-order valence-electron chi connectivity index (χ3n) is 2.59. The van der Waals surface area contributed by atoms with Crippen LogP contribution in [0.15, 0.2) is 0 Å². The molecule has 0 spiro atoms. The van der Waals surface area contributed by atoms with Gasteiger partial charge in [0.25, 0.3) is 0 Å². The van der Waals surface area contributed by atoms with Crippen LogP contribution < -0.4 is 0 Å². The molecule has 8 heteroatoms. The summed E-state index contributed by atoms with van der Waals surface area (Å²) in [6, 6.07) is 0. The molecule has 0 amide bonds. The van der Waals surface area contributed by atoms with Gasteiger partial charge in [-0.15, -0.1) is 0 Å². The maximum atomic E-state index is 6.08. The average Bonchev–Trinajstić information content (AvgIpc) is 2.45. The molecule has 0 saturated heterocycles. The molecule has 0 N–H and O–H groups in total. The summed E-state index contributed by atoms with van der Waals surface area (Å²) in [6.45, 7) is 0. The summed E-state index contributed by atoms with van der Waals surface area (Å²) >= 11 is 24.3. The first-order valence-electron chi connectivity index (χ1n) is 5.45. The quantitative estimate of drug-likeness (QED) is 0.562. The normalized spacial score (nSPS) is 20.1. The van der Waals surface area contributed by atoms with Gasteiger partial charge in [0.05, 0.1) is 5.92 Å². The molecule has 0 aromatic rings. The van der Waals surface area contributed by atoms with Gasteiger partial charge in [0.2, 0.25) is 0 Å². The van der Waals surface area contributed by atoms with Gasteiger partial charge in [-0.05, 0) is 6.42 Å². The fraction of sp³-hybridized carbons (Fsp3) is 0.909. The van der Waals surface area contributed by atoms with Crippen LogP contribution in [0.2, 0.25) is 0 Å². The molecule has 0 aliphatic rings. The van der Waals surface area contributed by atoms with Gasteiger partial charge in [0, 0.05) is 34.4 Å². The van der Waals surface area contributed by atoms with E-state index >= 15 is 0 Å². The molecule has 0 heterocycles. The predicted octanol–water partition coefficient (Wildman–Crippen LogP) is 3.41. The lowest BCUT2D eigenvalue weighted by Crippen LogP contribution is -2.35. The number of hydrogen-bond acceptors (Lipinski definition) is 4. The Bertz CT molecular complexity index is 193. The summed E-state index contributed by atoms with van der Waals surface area (Å²) < 4.78 is 20.3. The molecule has 19 heavy (non-hydrogen) atoms. The minimum absolute atomic E-state index is 0.341. The molecule has 4 unspecified atom stereocenters. The number of methoxy groups -OCH3 is 4. The smallest absolute Gasteiger partial charge is 0.140 e. The van der Waals surface area contributed by atoms with Crippen LogP contribution in [0.1, 0.15) is 6.42 Å². The highest BCUT2D eigenvalue weighted by atomic mass is 35.5. The summed E-state index contributed by atoms with van der Waals surface area (Å²) in [5.41, 5.74) is -2.74. The molecule has 0 aromatic heterocycles. The van der Waals surface area contributed by atoms with E-state index in [4.69, 9.17) is 65.4 Å². The highest BCUT2D eigenvalue weighted by Crippen LogP contribution is 2.35. The van der Waals surface area contributed by atoms with E-state index in [1.54, 1.807) is 0 Å². The Kier molecular flexibility index (Phi) is 11.2. The van der Waals surface area contributed by atoms with Crippen LogP contribution in [0.3, 0.4) is 0 Å². The monoisotopic (exact) mass is 355 g/mol. The van der Waals surface area contributed by atoms with Gasteiger partial charge in [0.1, 0.15) is 22.3 Å². The Balaban J connectivity index is 4.91. The molecule has 0 aliphatic carbocycles. The molecule has 4 atom stereocenters. The summed E-state index contributed by atoms with van der Waals surface area (Å²) in [7, 11) is 5.89. The van der Waals surface area contributed by atoms with Gasteiger partial charge in [0.15, 0.2) is 0 Å². The third-order valence-corrected chi connectivity index (χ3v) is 4.51. The van der Waals surface area contributed by atoms with Gasteiger partial charge in [-0.25, -0.2) is 0 Å². The van der Waals surface area contributed by atoms with Crippen molar-refractivity contribution in [1.82, 2.24) is 0 Å². The van der Waals surface area contributed by atoms with Crippen molar-refractivity contribution in [3.63, 3.8) is 0 Å². The SMILES string of the molecule is COC(Cl)[C](CC(C(Cl)OC)C(Cl)OC)C(Cl)OC. The fourth-order valence-electron chi connectivity index (χ4n) is 1.52. The van der Waals surface area contributed by atoms with E-state index < -0.39 is 22.3 Å². The minimum atomic E-state index is -0.716. The van der Waals surface area contributed by atoms with Crippen molar-refractivity contribution in [2.75, 3.05) is 28.4 Å². The summed E-state index contributed by atoms with van der Waals surface area (Å²) in [4.78, 5) is 0. The largest absolute Gasteiger partial charge is 0.365 e. The van der Waals surface area contributed by atoms with Crippen molar-refractivity contribution in [1.29, 1.82) is 0 Å². The summed E-state index contributed by atoms with van der Waals surface area (Å²) in [5, 5.41) is 0. The lowest BCUT2D eigenvalue weighted by Gasteiger charge is -2.31. The van der Waals surface area contributed by atoms with E-state index in [9.17, 15) is 0 Å². The maximum Gasteiger partial charge on any atom is 0.140 e. The van der Waals surface area contributed by atoms with E-state index in [1.807, 2.05) is 0 Å². The second-order valence-electron chi connectivity index (χ2n) is 3.72. The van der Waals surface area contributed by atoms with E-state index in [2.05, 4.69) is 0 Å². The fourth-order valence-corrected chi connectivity index (χ4v) is 2.51. The molecule has 0 rings (SSSR count). The van der Waals surface area contributed by atoms with Crippen molar-refractivity contribution in [3.05, 3.63) is 5.92 Å². The Hall–Kier alpha value is 1.000. The number of alkyl halides is 4. The summed E-state index contributed by atoms with van der Waals surface area (Å²) in [5.74, 6) is 0.241. The second-order valence-corrected chi connectivity index (χ2v) is 5.37. The van der Waals surface area contributed by atoms with Crippen LogP contribution in [-0.4, -0.2) is 50.7 Å². The zero-order valence-corrected chi connectivity index (χ0v) is 14.3. The van der Waals surface area contributed by atoms with Gasteiger partial charge < -0.3 is 18.9 Å². The zero-order valence-electron chi connectivity index (χ0n) is 11.2. The standard InChI is InChI=1S/C11H19Cl4O4/c1-16-8(12)6(9(13)17-2)5-7(10(14)18-3)11(15)19-4/h6,8-11H,5H2,1-4H3. The molecule has 115 valence electrons. The van der Waals surface area contributed by atoms with Crippen molar-refractivity contribution in [2.45, 2.75) is 28.7 Å². The highest BCUT2D eigenvalue weighted by molar-refractivity contribution is 6.25. The van der Waals surface area contributed by atoms with Crippen molar-refractivity contribution < 1.29 is 18.9 Å².